The highest BCUT2D eigenvalue weighted by Gasteiger charge is 2.22. The fourth-order valence-electron chi connectivity index (χ4n) is 5.09. The van der Waals surface area contributed by atoms with Crippen molar-refractivity contribution < 1.29 is 8.83 Å². The van der Waals surface area contributed by atoms with Gasteiger partial charge < -0.3 is 8.83 Å². The second-order valence-electron chi connectivity index (χ2n) is 7.89. The molecular weight excluding hydrogens is 408 g/mol. The minimum Gasteiger partial charge on any atom is -0.386 e. The number of fused-ring (bicyclic) bond motifs is 12. The highest BCUT2D eigenvalue weighted by molar-refractivity contribution is 6.32. The topological polar surface area (TPSA) is 94.6 Å². The molecule has 5 aromatic carbocycles. The molecule has 2 aromatic heterocycles. The summed E-state index contributed by atoms with van der Waals surface area (Å²) in [5, 5.41) is 6.10. The van der Waals surface area contributed by atoms with Gasteiger partial charge in [0.15, 0.2) is 0 Å². The Morgan fingerprint density at radius 3 is 1.09 bits per heavy atom. The third-order valence-electron chi connectivity index (χ3n) is 6.36. The van der Waals surface area contributed by atoms with Crippen LogP contribution in [0.15, 0.2) is 88.7 Å². The molecule has 0 bridgehead atoms. The summed E-state index contributed by atoms with van der Waals surface area (Å²) in [7, 11) is 0. The Morgan fingerprint density at radius 2 is 0.688 bits per heavy atom. The average molecular weight is 418 g/mol. The standard InChI is InChI=1S/C26H10O6/c27-23-19-13-7-3-1-5-11(13)15-9-16-12-6-2-4-8-14(12)20-22(26(30)32-24(20)28)18(16)10-17(15)21(19)25(29)31-23/h1-10H. The van der Waals surface area contributed by atoms with Crippen molar-refractivity contribution in [2.24, 2.45) is 0 Å². The summed E-state index contributed by atoms with van der Waals surface area (Å²) in [5.41, 5.74) is -2.84. The summed E-state index contributed by atoms with van der Waals surface area (Å²) in [4.78, 5) is 50.3. The molecule has 0 saturated heterocycles. The maximum atomic E-state index is 12.6. The first-order valence-electron chi connectivity index (χ1n) is 9.94. The number of rotatable bonds is 0. The smallest absolute Gasteiger partial charge is 0.347 e. The summed E-state index contributed by atoms with van der Waals surface area (Å²) in [6.07, 6.45) is 0. The molecule has 0 aliphatic carbocycles. The van der Waals surface area contributed by atoms with Crippen LogP contribution in [0, 0.1) is 0 Å². The molecule has 0 amide bonds. The predicted molar refractivity (Wildman–Crippen MR) is 123 cm³/mol. The maximum Gasteiger partial charge on any atom is 0.347 e. The van der Waals surface area contributed by atoms with E-state index in [2.05, 4.69) is 0 Å². The Labute approximate surface area is 176 Å². The summed E-state index contributed by atoms with van der Waals surface area (Å²) in [5.74, 6) is 0. The van der Waals surface area contributed by atoms with Crippen molar-refractivity contribution in [3.8, 4) is 0 Å². The molecule has 0 fully saturated rings. The van der Waals surface area contributed by atoms with Gasteiger partial charge in [-0.15, -0.1) is 0 Å². The van der Waals surface area contributed by atoms with Crippen molar-refractivity contribution in [1.29, 1.82) is 0 Å². The molecule has 2 heterocycles. The molecule has 0 aliphatic heterocycles. The molecule has 7 aromatic rings. The quantitative estimate of drug-likeness (QED) is 0.272. The van der Waals surface area contributed by atoms with Gasteiger partial charge in [-0.05, 0) is 55.2 Å². The summed E-state index contributed by atoms with van der Waals surface area (Å²) in [6, 6.07) is 18.3. The monoisotopic (exact) mass is 418 g/mol. The van der Waals surface area contributed by atoms with E-state index < -0.39 is 22.5 Å². The first-order valence-corrected chi connectivity index (χ1v) is 9.94. The van der Waals surface area contributed by atoms with Gasteiger partial charge in [-0.25, -0.2) is 19.2 Å². The summed E-state index contributed by atoms with van der Waals surface area (Å²) in [6.45, 7) is 0. The highest BCUT2D eigenvalue weighted by Crippen LogP contribution is 2.39. The van der Waals surface area contributed by atoms with Crippen molar-refractivity contribution in [3.05, 3.63) is 102 Å². The SMILES string of the molecule is O=c1oc(=O)c2c3cc4c(cc3c3ccccc3c12)c1ccccc1c1c(=O)oc(=O)c41. The molecule has 0 radical (unpaired) electrons. The van der Waals surface area contributed by atoms with Crippen LogP contribution >= 0.6 is 0 Å². The van der Waals surface area contributed by atoms with Gasteiger partial charge >= 0.3 is 22.5 Å². The van der Waals surface area contributed by atoms with Crippen molar-refractivity contribution in [2.75, 3.05) is 0 Å². The Kier molecular flexibility index (Phi) is 2.98. The van der Waals surface area contributed by atoms with Gasteiger partial charge in [-0.1, -0.05) is 48.5 Å². The lowest BCUT2D eigenvalue weighted by Crippen LogP contribution is -1.96. The lowest BCUT2D eigenvalue weighted by molar-refractivity contribution is 0.500. The summed E-state index contributed by atoms with van der Waals surface area (Å²) >= 11 is 0. The Hall–Kier alpha value is -4.58. The van der Waals surface area contributed by atoms with Gasteiger partial charge in [-0.3, -0.25) is 0 Å². The molecule has 0 unspecified atom stereocenters. The Balaban J connectivity index is 1.93. The van der Waals surface area contributed by atoms with Gasteiger partial charge in [0.2, 0.25) is 0 Å². The van der Waals surface area contributed by atoms with E-state index in [1.165, 1.54) is 0 Å². The molecule has 150 valence electrons. The number of furan rings is 2. The highest BCUT2D eigenvalue weighted by atomic mass is 16.4. The molecule has 0 spiro atoms. The Bertz CT molecular complexity index is 2020. The lowest BCUT2D eigenvalue weighted by Gasteiger charge is -2.10. The third-order valence-corrected chi connectivity index (χ3v) is 6.36. The van der Waals surface area contributed by atoms with Crippen LogP contribution in [-0.2, 0) is 0 Å². The minimum atomic E-state index is -0.726. The number of benzene rings is 5. The van der Waals surface area contributed by atoms with E-state index in [0.29, 0.717) is 21.5 Å². The normalized spacial score (nSPS) is 12.2. The van der Waals surface area contributed by atoms with E-state index >= 15 is 0 Å². The van der Waals surface area contributed by atoms with Crippen LogP contribution in [0.4, 0.5) is 0 Å². The average Bonchev–Trinajstić information content (AvgIpc) is 3.27. The molecule has 0 N–H and O–H groups in total. The fraction of sp³-hybridized carbons (Fsp3) is 0. The molecule has 0 atom stereocenters. The number of hydrogen-bond acceptors (Lipinski definition) is 6. The lowest BCUT2D eigenvalue weighted by atomic mass is 9.90. The van der Waals surface area contributed by atoms with Crippen molar-refractivity contribution in [3.63, 3.8) is 0 Å². The third kappa shape index (κ3) is 1.90. The van der Waals surface area contributed by atoms with E-state index in [1.54, 1.807) is 30.3 Å². The van der Waals surface area contributed by atoms with E-state index in [4.69, 9.17) is 8.83 Å². The van der Waals surface area contributed by atoms with Gasteiger partial charge in [0.1, 0.15) is 0 Å². The van der Waals surface area contributed by atoms with Crippen molar-refractivity contribution in [2.45, 2.75) is 0 Å². The zero-order valence-corrected chi connectivity index (χ0v) is 16.2. The van der Waals surface area contributed by atoms with E-state index in [-0.39, 0.29) is 21.5 Å². The van der Waals surface area contributed by atoms with E-state index in [1.807, 2.05) is 30.3 Å². The molecule has 0 aliphatic rings. The van der Waals surface area contributed by atoms with Gasteiger partial charge in [0, 0.05) is 0 Å². The van der Waals surface area contributed by atoms with Gasteiger partial charge in [-0.2, -0.15) is 0 Å². The number of hydrogen-bond donors (Lipinski definition) is 0. The first kappa shape index (κ1) is 17.1. The second-order valence-corrected chi connectivity index (χ2v) is 7.89. The van der Waals surface area contributed by atoms with E-state index in [0.717, 1.165) is 21.5 Å². The molecule has 6 heteroatoms. The van der Waals surface area contributed by atoms with Crippen LogP contribution in [0.3, 0.4) is 0 Å². The van der Waals surface area contributed by atoms with Crippen LogP contribution in [0.25, 0.3) is 64.6 Å². The molecule has 0 saturated carbocycles. The van der Waals surface area contributed by atoms with E-state index in [9.17, 15) is 19.2 Å². The maximum absolute atomic E-state index is 12.6. The van der Waals surface area contributed by atoms with Crippen LogP contribution in [0.5, 0.6) is 0 Å². The fourth-order valence-corrected chi connectivity index (χ4v) is 5.09. The molecule has 32 heavy (non-hydrogen) atoms. The largest absolute Gasteiger partial charge is 0.386 e. The summed E-state index contributed by atoms with van der Waals surface area (Å²) < 4.78 is 9.87. The van der Waals surface area contributed by atoms with Crippen molar-refractivity contribution in [1.82, 2.24) is 0 Å². The Morgan fingerprint density at radius 1 is 0.375 bits per heavy atom. The predicted octanol–water partition coefficient (Wildman–Crippen LogP) is 4.11. The van der Waals surface area contributed by atoms with Gasteiger partial charge in [0.25, 0.3) is 0 Å². The molecular formula is C26H10O6. The van der Waals surface area contributed by atoms with Crippen LogP contribution < -0.4 is 22.5 Å². The van der Waals surface area contributed by atoms with Crippen LogP contribution in [-0.4, -0.2) is 0 Å². The van der Waals surface area contributed by atoms with Gasteiger partial charge in [0.05, 0.1) is 21.5 Å². The molecule has 6 nitrogen and oxygen atoms in total. The first-order chi connectivity index (χ1) is 15.5. The zero-order valence-electron chi connectivity index (χ0n) is 16.2. The van der Waals surface area contributed by atoms with Crippen molar-refractivity contribution >= 4 is 64.6 Å². The zero-order chi connectivity index (χ0) is 21.7. The van der Waals surface area contributed by atoms with Crippen LogP contribution in [0.1, 0.15) is 0 Å². The molecule has 7 rings (SSSR count). The van der Waals surface area contributed by atoms with Crippen LogP contribution in [0.2, 0.25) is 0 Å². The minimum absolute atomic E-state index is 0.171. The second kappa shape index (κ2) is 5.56.